The van der Waals surface area contributed by atoms with Crippen molar-refractivity contribution in [2.75, 3.05) is 39.4 Å². The van der Waals surface area contributed by atoms with Crippen molar-refractivity contribution in [3.05, 3.63) is 70.6 Å². The van der Waals surface area contributed by atoms with Crippen LogP contribution in [-0.4, -0.2) is 71.0 Å². The fourth-order valence-corrected chi connectivity index (χ4v) is 4.43. The first-order chi connectivity index (χ1) is 15.5. The molecule has 2 aliphatic rings. The van der Waals surface area contributed by atoms with Crippen molar-refractivity contribution in [1.82, 2.24) is 14.8 Å². The van der Waals surface area contributed by atoms with Crippen molar-refractivity contribution >= 4 is 17.4 Å². The third-order valence-corrected chi connectivity index (χ3v) is 6.19. The van der Waals surface area contributed by atoms with Crippen LogP contribution in [0.15, 0.2) is 48.3 Å². The molecule has 2 aromatic rings. The molecule has 168 valence electrons. The van der Waals surface area contributed by atoms with Crippen molar-refractivity contribution in [2.24, 2.45) is 0 Å². The number of aliphatic hydroxyl groups excluding tert-OH is 1. The van der Waals surface area contributed by atoms with Crippen LogP contribution in [-0.2, 0) is 14.3 Å². The number of rotatable bonds is 6. The Kier molecular flexibility index (Phi) is 6.67. The van der Waals surface area contributed by atoms with Crippen LogP contribution in [0, 0.1) is 13.8 Å². The molecule has 1 N–H and O–H groups in total. The molecule has 7 nitrogen and oxygen atoms in total. The van der Waals surface area contributed by atoms with E-state index in [2.05, 4.69) is 9.88 Å². The predicted molar refractivity (Wildman–Crippen MR) is 121 cm³/mol. The van der Waals surface area contributed by atoms with Gasteiger partial charge in [-0.05, 0) is 49.6 Å². The molecule has 2 saturated heterocycles. The molecule has 3 heterocycles. The lowest BCUT2D eigenvalue weighted by atomic mass is 9.93. The Balaban J connectivity index is 1.68. The van der Waals surface area contributed by atoms with Crippen molar-refractivity contribution in [2.45, 2.75) is 26.3 Å². The van der Waals surface area contributed by atoms with Gasteiger partial charge in [0.15, 0.2) is 0 Å². The smallest absolute Gasteiger partial charge is 0.295 e. The summed E-state index contributed by atoms with van der Waals surface area (Å²) in [6.45, 7) is 8.26. The molecular weight excluding hydrogens is 406 g/mol. The molecule has 1 aromatic heterocycles. The van der Waals surface area contributed by atoms with Crippen LogP contribution in [0.2, 0.25) is 0 Å². The average Bonchev–Trinajstić information content (AvgIpc) is 3.06. The van der Waals surface area contributed by atoms with Gasteiger partial charge in [-0.15, -0.1) is 0 Å². The van der Waals surface area contributed by atoms with E-state index in [0.29, 0.717) is 12.1 Å². The van der Waals surface area contributed by atoms with Crippen molar-refractivity contribution < 1.29 is 19.4 Å². The van der Waals surface area contributed by atoms with Crippen molar-refractivity contribution in [1.29, 1.82) is 0 Å². The topological polar surface area (TPSA) is 83.0 Å². The zero-order valence-electron chi connectivity index (χ0n) is 18.6. The Hall–Kier alpha value is -3.03. The van der Waals surface area contributed by atoms with Gasteiger partial charge in [0, 0.05) is 44.1 Å². The quantitative estimate of drug-likeness (QED) is 0.427. The van der Waals surface area contributed by atoms with Gasteiger partial charge in [-0.3, -0.25) is 19.5 Å². The summed E-state index contributed by atoms with van der Waals surface area (Å²) >= 11 is 0. The largest absolute Gasteiger partial charge is 0.507 e. The molecule has 2 fully saturated rings. The highest BCUT2D eigenvalue weighted by Crippen LogP contribution is 2.39. The van der Waals surface area contributed by atoms with Gasteiger partial charge in [0.05, 0.1) is 24.8 Å². The number of aromatic nitrogens is 1. The number of carbonyl (C=O) groups is 2. The van der Waals surface area contributed by atoms with Gasteiger partial charge in [0.2, 0.25) is 0 Å². The Labute approximate surface area is 188 Å². The maximum Gasteiger partial charge on any atom is 0.295 e. The minimum Gasteiger partial charge on any atom is -0.507 e. The van der Waals surface area contributed by atoms with E-state index in [-0.39, 0.29) is 11.3 Å². The number of nitrogens with zero attached hydrogens (tertiary/aromatic N) is 3. The van der Waals surface area contributed by atoms with Crippen LogP contribution in [0.4, 0.5) is 0 Å². The Morgan fingerprint density at radius 3 is 2.53 bits per heavy atom. The van der Waals surface area contributed by atoms with Gasteiger partial charge in [0.25, 0.3) is 11.7 Å². The van der Waals surface area contributed by atoms with Gasteiger partial charge >= 0.3 is 0 Å². The molecule has 1 atom stereocenters. The third kappa shape index (κ3) is 4.45. The monoisotopic (exact) mass is 435 g/mol. The number of aliphatic hydroxyl groups is 1. The maximum atomic E-state index is 13.1. The Bertz CT molecular complexity index is 1030. The highest BCUT2D eigenvalue weighted by Gasteiger charge is 2.45. The normalized spacial score (nSPS) is 21.3. The number of aryl methyl sites for hydroxylation is 2. The number of Topliss-reactive ketones (excluding diaryl/α,β-unsaturated/α-hetero) is 1. The second kappa shape index (κ2) is 9.63. The van der Waals surface area contributed by atoms with Gasteiger partial charge in [-0.25, -0.2) is 0 Å². The first kappa shape index (κ1) is 22.2. The lowest BCUT2D eigenvalue weighted by Gasteiger charge is -2.29. The number of hydrogen-bond donors (Lipinski definition) is 1. The molecule has 0 spiro atoms. The molecule has 1 unspecified atom stereocenters. The molecule has 4 rings (SSSR count). The summed E-state index contributed by atoms with van der Waals surface area (Å²) in [5.41, 5.74) is 3.30. The Morgan fingerprint density at radius 1 is 1.09 bits per heavy atom. The van der Waals surface area contributed by atoms with Crippen molar-refractivity contribution in [3.63, 3.8) is 0 Å². The minimum atomic E-state index is -0.642. The number of amides is 1. The second-order valence-electron chi connectivity index (χ2n) is 8.40. The van der Waals surface area contributed by atoms with Crippen LogP contribution in [0.25, 0.3) is 5.76 Å². The fraction of sp³-hybridized carbons (Fsp3) is 0.400. The zero-order chi connectivity index (χ0) is 22.7. The van der Waals surface area contributed by atoms with Gasteiger partial charge in [-0.2, -0.15) is 0 Å². The molecule has 0 radical (unpaired) electrons. The highest BCUT2D eigenvalue weighted by molar-refractivity contribution is 6.46. The molecule has 1 aromatic carbocycles. The lowest BCUT2D eigenvalue weighted by molar-refractivity contribution is -0.140. The summed E-state index contributed by atoms with van der Waals surface area (Å²) in [4.78, 5) is 34.1. The maximum absolute atomic E-state index is 13.1. The minimum absolute atomic E-state index is 0.123. The van der Waals surface area contributed by atoms with Gasteiger partial charge in [0.1, 0.15) is 5.76 Å². The fourth-order valence-electron chi connectivity index (χ4n) is 4.43. The summed E-state index contributed by atoms with van der Waals surface area (Å²) in [6.07, 6.45) is 4.01. The summed E-state index contributed by atoms with van der Waals surface area (Å²) in [5, 5.41) is 11.2. The Morgan fingerprint density at radius 2 is 1.81 bits per heavy atom. The molecule has 2 aliphatic heterocycles. The number of ether oxygens (including phenoxy) is 1. The van der Waals surface area contributed by atoms with Crippen LogP contribution >= 0.6 is 0 Å². The summed E-state index contributed by atoms with van der Waals surface area (Å²) < 4.78 is 5.40. The van der Waals surface area contributed by atoms with E-state index >= 15 is 0 Å². The zero-order valence-corrected chi connectivity index (χ0v) is 18.6. The van der Waals surface area contributed by atoms with E-state index in [9.17, 15) is 14.7 Å². The van der Waals surface area contributed by atoms with E-state index in [4.69, 9.17) is 4.74 Å². The standard InChI is InChI=1S/C25H29N3O4/c1-17-4-5-18(2)20(16-17)23(29)21-22(19-6-8-26-9-7-19)28(25(31)24(21)30)11-3-10-27-12-14-32-15-13-27/h4-9,16,22,29H,3,10-15H2,1-2H3. The van der Waals surface area contributed by atoms with E-state index < -0.39 is 17.7 Å². The SMILES string of the molecule is Cc1ccc(C)c(C(O)=C2C(=O)C(=O)N(CCCN3CCOCC3)C2c2ccncc2)c1. The number of pyridine rings is 1. The number of benzene rings is 1. The number of carbonyl (C=O) groups excluding carboxylic acids is 2. The molecule has 32 heavy (non-hydrogen) atoms. The molecular formula is C25H29N3O4. The first-order valence-electron chi connectivity index (χ1n) is 11.0. The summed E-state index contributed by atoms with van der Waals surface area (Å²) in [7, 11) is 0. The number of ketones is 1. The van der Waals surface area contributed by atoms with E-state index in [1.54, 1.807) is 29.4 Å². The average molecular weight is 436 g/mol. The van der Waals surface area contributed by atoms with Crippen LogP contribution in [0.1, 0.15) is 34.7 Å². The highest BCUT2D eigenvalue weighted by atomic mass is 16.5. The van der Waals surface area contributed by atoms with Gasteiger partial charge in [-0.1, -0.05) is 17.7 Å². The molecule has 7 heteroatoms. The van der Waals surface area contributed by atoms with Crippen molar-refractivity contribution in [3.8, 4) is 0 Å². The number of hydrogen-bond acceptors (Lipinski definition) is 6. The molecule has 0 aliphatic carbocycles. The van der Waals surface area contributed by atoms with Crippen LogP contribution in [0.3, 0.4) is 0 Å². The van der Waals surface area contributed by atoms with E-state index in [0.717, 1.165) is 56.0 Å². The summed E-state index contributed by atoms with van der Waals surface area (Å²) in [5.74, 6) is -1.33. The van der Waals surface area contributed by atoms with Gasteiger partial charge < -0.3 is 14.7 Å². The van der Waals surface area contributed by atoms with Crippen LogP contribution in [0.5, 0.6) is 0 Å². The molecule has 0 bridgehead atoms. The molecule has 1 amide bonds. The van der Waals surface area contributed by atoms with E-state index in [1.807, 2.05) is 32.0 Å². The molecule has 0 saturated carbocycles. The van der Waals surface area contributed by atoms with Crippen LogP contribution < -0.4 is 0 Å². The number of morpholine rings is 1. The lowest BCUT2D eigenvalue weighted by Crippen LogP contribution is -2.38. The number of likely N-dealkylation sites (tertiary alicyclic amines) is 1. The second-order valence-corrected chi connectivity index (χ2v) is 8.40. The first-order valence-corrected chi connectivity index (χ1v) is 11.0. The van der Waals surface area contributed by atoms with E-state index in [1.165, 1.54) is 0 Å². The third-order valence-electron chi connectivity index (χ3n) is 6.19. The summed E-state index contributed by atoms with van der Waals surface area (Å²) in [6, 6.07) is 8.66. The predicted octanol–water partition coefficient (Wildman–Crippen LogP) is 2.84.